The van der Waals surface area contributed by atoms with Crippen LogP contribution in [0.5, 0.6) is 0 Å². The van der Waals surface area contributed by atoms with Gasteiger partial charge >= 0.3 is 0 Å². The number of nitrogens with zero attached hydrogens (tertiary/aromatic N) is 3. The van der Waals surface area contributed by atoms with Gasteiger partial charge in [-0.25, -0.2) is 13.8 Å². The van der Waals surface area contributed by atoms with E-state index in [4.69, 9.17) is 0 Å². The quantitative estimate of drug-likeness (QED) is 0.309. The number of hydrazone groups is 1. The van der Waals surface area contributed by atoms with Gasteiger partial charge in [-0.05, 0) is 66.9 Å². The molecule has 1 N–H and O–H groups in total. The van der Waals surface area contributed by atoms with Crippen LogP contribution in [-0.2, 0) is 14.8 Å². The molecule has 0 unspecified atom stereocenters. The maximum absolute atomic E-state index is 13.3. The third-order valence-corrected chi connectivity index (χ3v) is 6.41. The molecule has 0 heterocycles. The van der Waals surface area contributed by atoms with Gasteiger partial charge in [0.15, 0.2) is 0 Å². The lowest BCUT2D eigenvalue weighted by molar-refractivity contribution is -0.384. The fourth-order valence-electron chi connectivity index (χ4n) is 3.16. The number of carbonyl (C=O) groups is 1. The van der Waals surface area contributed by atoms with Gasteiger partial charge in [-0.15, -0.1) is 0 Å². The molecule has 0 aromatic heterocycles. The molecule has 0 bridgehead atoms. The molecule has 0 aliphatic rings. The van der Waals surface area contributed by atoms with Crippen molar-refractivity contribution in [3.63, 3.8) is 0 Å². The summed E-state index contributed by atoms with van der Waals surface area (Å²) in [6.45, 7) is 3.20. The van der Waals surface area contributed by atoms with Crippen molar-refractivity contribution in [2.24, 2.45) is 5.10 Å². The molecule has 170 valence electrons. The molecule has 0 atom stereocenters. The second-order valence-electron chi connectivity index (χ2n) is 7.31. The van der Waals surface area contributed by atoms with E-state index in [1.54, 1.807) is 30.3 Å². The largest absolute Gasteiger partial charge is 0.271 e. The van der Waals surface area contributed by atoms with Crippen LogP contribution in [0.4, 0.5) is 11.4 Å². The molecule has 3 aromatic rings. The van der Waals surface area contributed by atoms with Gasteiger partial charge in [0, 0.05) is 12.1 Å². The number of non-ortho nitro benzene ring substituents is 1. The van der Waals surface area contributed by atoms with Crippen molar-refractivity contribution in [3.05, 3.63) is 99.6 Å². The minimum Gasteiger partial charge on any atom is -0.271 e. The number of nitro groups is 1. The Morgan fingerprint density at radius 3 is 2.21 bits per heavy atom. The number of carbonyl (C=O) groups excluding carboxylic acids is 1. The summed E-state index contributed by atoms with van der Waals surface area (Å²) in [5.74, 6) is -0.646. The van der Waals surface area contributed by atoms with E-state index in [1.807, 2.05) is 19.9 Å². The Kier molecular flexibility index (Phi) is 7.19. The average molecular weight is 467 g/mol. The molecule has 0 spiro atoms. The van der Waals surface area contributed by atoms with E-state index in [9.17, 15) is 23.3 Å². The lowest BCUT2D eigenvalue weighted by Crippen LogP contribution is -2.39. The summed E-state index contributed by atoms with van der Waals surface area (Å²) in [4.78, 5) is 22.9. The second kappa shape index (κ2) is 10.0. The summed E-state index contributed by atoms with van der Waals surface area (Å²) in [6, 6.07) is 18.8. The first-order valence-electron chi connectivity index (χ1n) is 9.89. The van der Waals surface area contributed by atoms with Gasteiger partial charge in [0.05, 0.1) is 21.7 Å². The van der Waals surface area contributed by atoms with Crippen molar-refractivity contribution >= 4 is 33.5 Å². The number of hydrogen-bond acceptors (Lipinski definition) is 6. The molecule has 9 nitrogen and oxygen atoms in total. The van der Waals surface area contributed by atoms with Gasteiger partial charge in [-0.2, -0.15) is 5.10 Å². The zero-order valence-electron chi connectivity index (χ0n) is 18.0. The smallest absolute Gasteiger partial charge is 0.269 e. The number of sulfonamides is 1. The molecule has 0 aliphatic carbocycles. The first-order valence-corrected chi connectivity index (χ1v) is 11.3. The van der Waals surface area contributed by atoms with E-state index >= 15 is 0 Å². The molecule has 0 radical (unpaired) electrons. The number of aryl methyl sites for hydroxylation is 2. The maximum Gasteiger partial charge on any atom is 0.269 e. The van der Waals surface area contributed by atoms with Crippen LogP contribution in [0.3, 0.4) is 0 Å². The molecule has 1 amide bonds. The van der Waals surface area contributed by atoms with Crippen molar-refractivity contribution in [2.75, 3.05) is 10.8 Å². The highest BCUT2D eigenvalue weighted by atomic mass is 32.2. The van der Waals surface area contributed by atoms with Crippen molar-refractivity contribution in [2.45, 2.75) is 18.7 Å². The van der Waals surface area contributed by atoms with E-state index in [0.717, 1.165) is 15.4 Å². The summed E-state index contributed by atoms with van der Waals surface area (Å²) in [7, 11) is -4.02. The number of rotatable bonds is 8. The Bertz CT molecular complexity index is 1270. The lowest BCUT2D eigenvalue weighted by Gasteiger charge is -2.24. The summed E-state index contributed by atoms with van der Waals surface area (Å²) < 4.78 is 27.7. The summed E-state index contributed by atoms with van der Waals surface area (Å²) in [5, 5.41) is 14.6. The highest BCUT2D eigenvalue weighted by Gasteiger charge is 2.27. The van der Waals surface area contributed by atoms with Gasteiger partial charge in [-0.1, -0.05) is 24.3 Å². The minimum atomic E-state index is -4.02. The average Bonchev–Trinajstić information content (AvgIpc) is 2.77. The third-order valence-electron chi connectivity index (χ3n) is 4.62. The highest BCUT2D eigenvalue weighted by molar-refractivity contribution is 7.92. The van der Waals surface area contributed by atoms with Gasteiger partial charge in [-0.3, -0.25) is 19.2 Å². The summed E-state index contributed by atoms with van der Waals surface area (Å²) in [5.41, 5.74) is 4.86. The Balaban J connectivity index is 1.82. The number of nitro benzene ring substituents is 1. The standard InChI is InChI=1S/C23H22N4O5S/c1-17-12-18(2)14-21(13-17)26(33(31,32)22-6-4-3-5-7-22)16-23(28)25-24-15-19-8-10-20(11-9-19)27(29)30/h3-15H,16H2,1-2H3,(H,25,28)/b24-15-. The van der Waals surface area contributed by atoms with Crippen molar-refractivity contribution in [1.29, 1.82) is 0 Å². The molecular weight excluding hydrogens is 444 g/mol. The molecule has 0 aliphatic heterocycles. The normalized spacial score (nSPS) is 11.3. The van der Waals surface area contributed by atoms with Crippen LogP contribution < -0.4 is 9.73 Å². The van der Waals surface area contributed by atoms with Crippen LogP contribution in [0.1, 0.15) is 16.7 Å². The first kappa shape index (κ1) is 23.6. The summed E-state index contributed by atoms with van der Waals surface area (Å²) in [6.07, 6.45) is 1.31. The molecule has 10 heteroatoms. The van der Waals surface area contributed by atoms with Gasteiger partial charge in [0.25, 0.3) is 21.6 Å². The maximum atomic E-state index is 13.3. The number of amides is 1. The van der Waals surface area contributed by atoms with Crippen LogP contribution in [0.25, 0.3) is 0 Å². The van der Waals surface area contributed by atoms with Crippen LogP contribution in [0, 0.1) is 24.0 Å². The predicted octanol–water partition coefficient (Wildman–Crippen LogP) is 3.56. The molecule has 0 saturated carbocycles. The highest BCUT2D eigenvalue weighted by Crippen LogP contribution is 2.25. The molecule has 33 heavy (non-hydrogen) atoms. The molecule has 3 aromatic carbocycles. The zero-order valence-corrected chi connectivity index (χ0v) is 18.8. The lowest BCUT2D eigenvalue weighted by atomic mass is 10.1. The minimum absolute atomic E-state index is 0.0614. The Hall–Kier alpha value is -4.05. The number of hydrogen-bond donors (Lipinski definition) is 1. The van der Waals surface area contributed by atoms with Crippen LogP contribution in [0.2, 0.25) is 0 Å². The third kappa shape index (κ3) is 6.01. The van der Waals surface area contributed by atoms with Crippen molar-refractivity contribution < 1.29 is 18.1 Å². The SMILES string of the molecule is Cc1cc(C)cc(N(CC(=O)N/N=C\c2ccc([N+](=O)[O-])cc2)S(=O)(=O)c2ccccc2)c1. The fourth-order valence-corrected chi connectivity index (χ4v) is 4.58. The number of benzene rings is 3. The van der Waals surface area contributed by atoms with E-state index < -0.39 is 27.4 Å². The monoisotopic (exact) mass is 466 g/mol. The summed E-state index contributed by atoms with van der Waals surface area (Å²) >= 11 is 0. The van der Waals surface area contributed by atoms with Crippen LogP contribution in [-0.4, -0.2) is 32.0 Å². The molecule has 0 fully saturated rings. The van der Waals surface area contributed by atoms with Crippen LogP contribution >= 0.6 is 0 Å². The molecule has 0 saturated heterocycles. The van der Waals surface area contributed by atoms with Crippen molar-refractivity contribution in [1.82, 2.24) is 5.43 Å². The van der Waals surface area contributed by atoms with E-state index in [1.165, 1.54) is 42.6 Å². The number of anilines is 1. The number of nitrogens with one attached hydrogen (secondary N) is 1. The Morgan fingerprint density at radius 2 is 1.64 bits per heavy atom. The second-order valence-corrected chi connectivity index (χ2v) is 9.17. The molecular formula is C23H22N4O5S. The van der Waals surface area contributed by atoms with Gasteiger partial charge in [0.2, 0.25) is 0 Å². The van der Waals surface area contributed by atoms with Gasteiger partial charge < -0.3 is 0 Å². The van der Waals surface area contributed by atoms with E-state index in [2.05, 4.69) is 10.5 Å². The predicted molar refractivity (Wildman–Crippen MR) is 126 cm³/mol. The topological polar surface area (TPSA) is 122 Å². The first-order chi connectivity index (χ1) is 15.7. The van der Waals surface area contributed by atoms with E-state index in [-0.39, 0.29) is 10.6 Å². The Morgan fingerprint density at radius 1 is 1.03 bits per heavy atom. The Labute approximate surface area is 191 Å². The fraction of sp³-hybridized carbons (Fsp3) is 0.130. The van der Waals surface area contributed by atoms with Gasteiger partial charge in [0.1, 0.15) is 6.54 Å². The molecule has 3 rings (SSSR count). The zero-order chi connectivity index (χ0) is 24.0. The van der Waals surface area contributed by atoms with Crippen molar-refractivity contribution in [3.8, 4) is 0 Å². The van der Waals surface area contributed by atoms with Crippen LogP contribution in [0.15, 0.2) is 82.8 Å². The van der Waals surface area contributed by atoms with E-state index in [0.29, 0.717) is 11.3 Å².